The molecule has 2 aliphatic heterocycles. The highest BCUT2D eigenvalue weighted by Gasteiger charge is 2.26. The summed E-state index contributed by atoms with van der Waals surface area (Å²) in [4.78, 5) is 30.2. The minimum absolute atomic E-state index is 0.0398. The Morgan fingerprint density at radius 3 is 2.92 bits per heavy atom. The number of rotatable bonds is 4. The lowest BCUT2D eigenvalue weighted by Gasteiger charge is -2.19. The lowest BCUT2D eigenvalue weighted by Crippen LogP contribution is -2.33. The second-order valence-corrected chi connectivity index (χ2v) is 8.03. The summed E-state index contributed by atoms with van der Waals surface area (Å²) in [6, 6.07) is 7.40. The van der Waals surface area contributed by atoms with Crippen LogP contribution in [-0.2, 0) is 16.1 Å². The SMILES string of the molecule is O=C1NCCCC[C@@H]1Sc1nc2ccccc2c(=O)n1C[C@H]1CCCO1. The third-order valence-corrected chi connectivity index (χ3v) is 6.23. The summed E-state index contributed by atoms with van der Waals surface area (Å²) in [5.41, 5.74) is 0.625. The average Bonchev–Trinajstić information content (AvgIpc) is 3.08. The smallest absolute Gasteiger partial charge is 0.262 e. The monoisotopic (exact) mass is 373 g/mol. The van der Waals surface area contributed by atoms with Crippen LogP contribution in [0, 0.1) is 0 Å². The molecule has 0 radical (unpaired) electrons. The Hall–Kier alpha value is -1.86. The normalized spacial score (nSPS) is 23.8. The molecule has 1 aromatic carbocycles. The molecular formula is C19H23N3O3S. The fourth-order valence-electron chi connectivity index (χ4n) is 3.54. The topological polar surface area (TPSA) is 73.2 Å². The number of thioether (sulfide) groups is 1. The van der Waals surface area contributed by atoms with Gasteiger partial charge < -0.3 is 10.1 Å². The number of hydrogen-bond acceptors (Lipinski definition) is 5. The third kappa shape index (κ3) is 3.64. The number of carbonyl (C=O) groups excluding carboxylic acids is 1. The minimum Gasteiger partial charge on any atom is -0.376 e. The highest BCUT2D eigenvalue weighted by molar-refractivity contribution is 8.00. The van der Waals surface area contributed by atoms with E-state index in [2.05, 4.69) is 5.32 Å². The highest BCUT2D eigenvalue weighted by atomic mass is 32.2. The van der Waals surface area contributed by atoms with E-state index in [4.69, 9.17) is 9.72 Å². The van der Waals surface area contributed by atoms with Crippen LogP contribution in [-0.4, -0.2) is 40.0 Å². The Balaban J connectivity index is 1.72. The summed E-state index contributed by atoms with van der Waals surface area (Å²) in [7, 11) is 0. The van der Waals surface area contributed by atoms with E-state index < -0.39 is 0 Å². The lowest BCUT2D eigenvalue weighted by atomic mass is 10.2. The zero-order chi connectivity index (χ0) is 17.9. The van der Waals surface area contributed by atoms with Gasteiger partial charge >= 0.3 is 0 Å². The van der Waals surface area contributed by atoms with Crippen LogP contribution >= 0.6 is 11.8 Å². The Morgan fingerprint density at radius 2 is 2.08 bits per heavy atom. The van der Waals surface area contributed by atoms with Crippen LogP contribution in [0.2, 0.25) is 0 Å². The average molecular weight is 373 g/mol. The summed E-state index contributed by atoms with van der Waals surface area (Å²) in [6.07, 6.45) is 4.81. The third-order valence-electron chi connectivity index (χ3n) is 4.97. The predicted octanol–water partition coefficient (Wildman–Crippen LogP) is 2.34. The molecule has 1 aromatic heterocycles. The van der Waals surface area contributed by atoms with E-state index in [1.165, 1.54) is 11.8 Å². The predicted molar refractivity (Wildman–Crippen MR) is 101 cm³/mol. The molecule has 1 amide bonds. The van der Waals surface area contributed by atoms with Crippen LogP contribution in [0.4, 0.5) is 0 Å². The van der Waals surface area contributed by atoms with Gasteiger partial charge in [-0.05, 0) is 37.8 Å². The number of hydrogen-bond donors (Lipinski definition) is 1. The molecule has 1 N–H and O–H groups in total. The number of para-hydroxylation sites is 1. The number of aromatic nitrogens is 2. The minimum atomic E-state index is -0.207. The zero-order valence-electron chi connectivity index (χ0n) is 14.6. The van der Waals surface area contributed by atoms with Gasteiger partial charge in [-0.15, -0.1) is 0 Å². The standard InChI is InChI=1S/C19H23N3O3S/c23-17-16(9-3-4-10-20-17)26-19-21-15-8-2-1-7-14(15)18(24)22(19)12-13-6-5-11-25-13/h1-2,7-8,13,16H,3-6,9-12H2,(H,20,23)/t13-,16+/m1/s1. The number of nitrogens with one attached hydrogen (secondary N) is 1. The van der Waals surface area contributed by atoms with Gasteiger partial charge in [0.2, 0.25) is 5.91 Å². The van der Waals surface area contributed by atoms with Gasteiger partial charge in [-0.25, -0.2) is 4.98 Å². The van der Waals surface area contributed by atoms with Crippen LogP contribution in [0.25, 0.3) is 10.9 Å². The van der Waals surface area contributed by atoms with E-state index in [-0.39, 0.29) is 22.8 Å². The molecule has 3 heterocycles. The number of amides is 1. The van der Waals surface area contributed by atoms with Crippen LogP contribution in [0.5, 0.6) is 0 Å². The first-order valence-electron chi connectivity index (χ1n) is 9.28. The van der Waals surface area contributed by atoms with Crippen molar-refractivity contribution in [3.63, 3.8) is 0 Å². The maximum absolute atomic E-state index is 13.1. The largest absolute Gasteiger partial charge is 0.376 e. The van der Waals surface area contributed by atoms with Crippen molar-refractivity contribution in [1.29, 1.82) is 0 Å². The van der Waals surface area contributed by atoms with Crippen molar-refractivity contribution >= 4 is 28.6 Å². The van der Waals surface area contributed by atoms with E-state index in [9.17, 15) is 9.59 Å². The fraction of sp³-hybridized carbons (Fsp3) is 0.526. The molecule has 2 atom stereocenters. The van der Waals surface area contributed by atoms with Gasteiger partial charge in [-0.2, -0.15) is 0 Å². The van der Waals surface area contributed by atoms with E-state index in [0.717, 1.165) is 45.3 Å². The van der Waals surface area contributed by atoms with E-state index in [1.54, 1.807) is 4.57 Å². The molecule has 4 rings (SSSR count). The van der Waals surface area contributed by atoms with Crippen molar-refractivity contribution in [2.24, 2.45) is 0 Å². The molecular weight excluding hydrogens is 350 g/mol. The molecule has 7 heteroatoms. The number of ether oxygens (including phenoxy) is 1. The maximum Gasteiger partial charge on any atom is 0.262 e. The van der Waals surface area contributed by atoms with Crippen molar-refractivity contribution < 1.29 is 9.53 Å². The molecule has 0 saturated carbocycles. The van der Waals surface area contributed by atoms with E-state index in [0.29, 0.717) is 22.6 Å². The molecule has 0 unspecified atom stereocenters. The Bertz CT molecular complexity index is 861. The Morgan fingerprint density at radius 1 is 1.19 bits per heavy atom. The number of carbonyl (C=O) groups is 1. The van der Waals surface area contributed by atoms with Crippen molar-refractivity contribution in [3.8, 4) is 0 Å². The number of nitrogens with zero attached hydrogens (tertiary/aromatic N) is 2. The molecule has 0 aliphatic carbocycles. The van der Waals surface area contributed by atoms with Crippen LogP contribution in [0.3, 0.4) is 0 Å². The van der Waals surface area contributed by atoms with E-state index >= 15 is 0 Å². The fourth-order valence-corrected chi connectivity index (χ4v) is 4.71. The van der Waals surface area contributed by atoms with Crippen molar-refractivity contribution in [1.82, 2.24) is 14.9 Å². The number of benzene rings is 1. The molecule has 138 valence electrons. The van der Waals surface area contributed by atoms with Crippen molar-refractivity contribution in [3.05, 3.63) is 34.6 Å². The molecule has 2 fully saturated rings. The van der Waals surface area contributed by atoms with Crippen LogP contribution in [0.15, 0.2) is 34.2 Å². The Kier molecular flexibility index (Phi) is 5.26. The van der Waals surface area contributed by atoms with E-state index in [1.807, 2.05) is 24.3 Å². The quantitative estimate of drug-likeness (QED) is 0.833. The first kappa shape index (κ1) is 17.5. The van der Waals surface area contributed by atoms with Gasteiger partial charge in [-0.3, -0.25) is 14.2 Å². The molecule has 2 aliphatic rings. The number of fused-ring (bicyclic) bond motifs is 1. The van der Waals surface area contributed by atoms with Gasteiger partial charge in [0.15, 0.2) is 5.16 Å². The van der Waals surface area contributed by atoms with Gasteiger partial charge in [0.25, 0.3) is 5.56 Å². The zero-order valence-corrected chi connectivity index (χ0v) is 15.5. The molecule has 0 spiro atoms. The van der Waals surface area contributed by atoms with Crippen molar-refractivity contribution in [2.75, 3.05) is 13.2 Å². The molecule has 26 heavy (non-hydrogen) atoms. The Labute approximate surface area is 156 Å². The first-order valence-corrected chi connectivity index (χ1v) is 10.2. The maximum atomic E-state index is 13.1. The summed E-state index contributed by atoms with van der Waals surface area (Å²) in [6.45, 7) is 1.96. The molecule has 2 aromatic rings. The summed E-state index contributed by atoms with van der Waals surface area (Å²) in [5, 5.41) is 3.98. The first-order chi connectivity index (χ1) is 12.7. The lowest BCUT2D eigenvalue weighted by molar-refractivity contribution is -0.120. The summed E-state index contributed by atoms with van der Waals surface area (Å²) in [5.74, 6) is 0.0403. The van der Waals surface area contributed by atoms with Gasteiger partial charge in [0.1, 0.15) is 0 Å². The van der Waals surface area contributed by atoms with Crippen LogP contribution in [0.1, 0.15) is 32.1 Å². The second-order valence-electron chi connectivity index (χ2n) is 6.86. The highest BCUT2D eigenvalue weighted by Crippen LogP contribution is 2.28. The molecule has 2 saturated heterocycles. The van der Waals surface area contributed by atoms with Gasteiger partial charge in [0.05, 0.1) is 28.8 Å². The molecule has 0 bridgehead atoms. The summed E-state index contributed by atoms with van der Waals surface area (Å²) < 4.78 is 7.44. The van der Waals surface area contributed by atoms with Crippen molar-refractivity contribution in [2.45, 2.75) is 55.2 Å². The van der Waals surface area contributed by atoms with Gasteiger partial charge in [0, 0.05) is 13.2 Å². The molecule has 6 nitrogen and oxygen atoms in total. The second kappa shape index (κ2) is 7.80. The summed E-state index contributed by atoms with van der Waals surface area (Å²) >= 11 is 1.41. The van der Waals surface area contributed by atoms with Gasteiger partial charge in [-0.1, -0.05) is 30.3 Å². The van der Waals surface area contributed by atoms with Crippen LogP contribution < -0.4 is 10.9 Å².